The Bertz CT molecular complexity index is 336. The van der Waals surface area contributed by atoms with Crippen molar-refractivity contribution in [2.24, 2.45) is 0 Å². The van der Waals surface area contributed by atoms with Gasteiger partial charge in [0.2, 0.25) is 5.78 Å². The summed E-state index contributed by atoms with van der Waals surface area (Å²) in [7, 11) is 0. The number of hydroxylamine groups is 3. The van der Waals surface area contributed by atoms with Crippen molar-refractivity contribution in [3.05, 3.63) is 5.21 Å². The van der Waals surface area contributed by atoms with E-state index in [0.717, 1.165) is 5.06 Å². The number of rotatable bonds is 2. The highest BCUT2D eigenvalue weighted by molar-refractivity contribution is 5.94. The second-order valence-electron chi connectivity index (χ2n) is 4.54. The lowest BCUT2D eigenvalue weighted by molar-refractivity contribution is -0.566. The minimum absolute atomic E-state index is 0.364. The lowest BCUT2D eigenvalue weighted by atomic mass is 9.96. The van der Waals surface area contributed by atoms with Crippen molar-refractivity contribution in [2.45, 2.75) is 52.2 Å². The molecule has 0 saturated carbocycles. The Hall–Kier alpha value is -0.940. The van der Waals surface area contributed by atoms with Gasteiger partial charge in [0.15, 0.2) is 5.71 Å². The summed E-state index contributed by atoms with van der Waals surface area (Å²) in [5.41, 5.74) is -1.77. The monoisotopic (exact) mass is 214 g/mol. The van der Waals surface area contributed by atoms with Crippen molar-refractivity contribution in [1.82, 2.24) is 5.06 Å². The van der Waals surface area contributed by atoms with E-state index in [0.29, 0.717) is 16.9 Å². The molecule has 1 atom stereocenters. The maximum absolute atomic E-state index is 12.0. The van der Waals surface area contributed by atoms with Crippen LogP contribution >= 0.6 is 0 Å². The lowest BCUT2D eigenvalue weighted by Crippen LogP contribution is -2.57. The highest BCUT2D eigenvalue weighted by atomic mass is 16.6. The highest BCUT2D eigenvalue weighted by Gasteiger charge is 2.61. The molecule has 0 aromatic carbocycles. The molecule has 0 aromatic rings. The fourth-order valence-electron chi connectivity index (χ4n) is 2.13. The van der Waals surface area contributed by atoms with E-state index in [9.17, 15) is 15.2 Å². The molecule has 86 valence electrons. The van der Waals surface area contributed by atoms with Gasteiger partial charge in [-0.2, -0.15) is 4.74 Å². The predicted octanol–water partition coefficient (Wildman–Crippen LogP) is 1.14. The van der Waals surface area contributed by atoms with Crippen LogP contribution in [0.1, 0.15) is 41.0 Å². The standard InChI is InChI=1S/C10H18N2O3/c1-6-8-9(3,4)12(15)10(5,7(2)13)11(8)14/h15H,6H2,1-5H3. The summed E-state index contributed by atoms with van der Waals surface area (Å²) in [6.07, 6.45) is 0.510. The average Bonchev–Trinajstić information content (AvgIpc) is 2.26. The normalized spacial score (nSPS) is 31.1. The molecule has 0 fully saturated rings. The predicted molar refractivity (Wildman–Crippen MR) is 55.7 cm³/mol. The fourth-order valence-corrected chi connectivity index (χ4v) is 2.13. The zero-order chi connectivity index (χ0) is 12.0. The molecule has 0 radical (unpaired) electrons. The van der Waals surface area contributed by atoms with Crippen LogP contribution in [0.25, 0.3) is 0 Å². The Morgan fingerprint density at radius 2 is 2.00 bits per heavy atom. The summed E-state index contributed by atoms with van der Waals surface area (Å²) in [4.78, 5) is 11.5. The smallest absolute Gasteiger partial charge is 0.307 e. The Morgan fingerprint density at radius 1 is 1.53 bits per heavy atom. The van der Waals surface area contributed by atoms with Crippen molar-refractivity contribution in [3.8, 4) is 0 Å². The van der Waals surface area contributed by atoms with Crippen LogP contribution in [0.3, 0.4) is 0 Å². The molecule has 0 aliphatic carbocycles. The molecule has 1 aliphatic heterocycles. The van der Waals surface area contributed by atoms with Gasteiger partial charge in [-0.1, -0.05) is 6.92 Å². The van der Waals surface area contributed by atoms with E-state index < -0.39 is 11.2 Å². The van der Waals surface area contributed by atoms with Gasteiger partial charge >= 0.3 is 5.66 Å². The number of carbonyl (C=O) groups excluding carboxylic acids is 1. The van der Waals surface area contributed by atoms with E-state index >= 15 is 0 Å². The molecule has 1 rings (SSSR count). The summed E-state index contributed by atoms with van der Waals surface area (Å²) >= 11 is 0. The van der Waals surface area contributed by atoms with Crippen LogP contribution in [-0.4, -0.2) is 37.7 Å². The summed E-state index contributed by atoms with van der Waals surface area (Å²) < 4.78 is 0.634. The number of nitrogens with zero attached hydrogens (tertiary/aromatic N) is 2. The van der Waals surface area contributed by atoms with Gasteiger partial charge in [-0.15, -0.1) is 5.06 Å². The van der Waals surface area contributed by atoms with Gasteiger partial charge in [-0.05, 0) is 13.8 Å². The molecule has 15 heavy (non-hydrogen) atoms. The number of Topliss-reactive ketones (excluding diaryl/α,β-unsaturated/α-hetero) is 1. The number of ketones is 1. The van der Waals surface area contributed by atoms with E-state index in [4.69, 9.17) is 0 Å². The van der Waals surface area contributed by atoms with E-state index in [-0.39, 0.29) is 5.78 Å². The molecule has 0 spiro atoms. The molecule has 1 aliphatic rings. The first-order valence-electron chi connectivity index (χ1n) is 5.04. The third kappa shape index (κ3) is 1.30. The maximum Gasteiger partial charge on any atom is 0.307 e. The summed E-state index contributed by atoms with van der Waals surface area (Å²) in [5, 5.41) is 22.8. The van der Waals surface area contributed by atoms with Crippen LogP contribution in [0.4, 0.5) is 0 Å². The van der Waals surface area contributed by atoms with Gasteiger partial charge in [0, 0.05) is 20.3 Å². The molecule has 0 amide bonds. The van der Waals surface area contributed by atoms with Crippen molar-refractivity contribution in [2.75, 3.05) is 0 Å². The van der Waals surface area contributed by atoms with Gasteiger partial charge in [-0.25, -0.2) is 0 Å². The molecule has 1 unspecified atom stereocenters. The molecule has 1 N–H and O–H groups in total. The van der Waals surface area contributed by atoms with Crippen LogP contribution < -0.4 is 0 Å². The molecule has 1 heterocycles. The Balaban J connectivity index is 3.38. The topological polar surface area (TPSA) is 66.6 Å². The maximum atomic E-state index is 12.0. The summed E-state index contributed by atoms with van der Waals surface area (Å²) in [6, 6.07) is 0. The van der Waals surface area contributed by atoms with Gasteiger partial charge in [-0.3, -0.25) is 4.79 Å². The van der Waals surface area contributed by atoms with Crippen molar-refractivity contribution in [3.63, 3.8) is 0 Å². The molecule has 0 aromatic heterocycles. The van der Waals surface area contributed by atoms with Crippen LogP contribution in [0, 0.1) is 5.21 Å². The quantitative estimate of drug-likeness (QED) is 0.553. The average molecular weight is 214 g/mol. The largest absolute Gasteiger partial charge is 0.622 e. The van der Waals surface area contributed by atoms with Gasteiger partial charge in [0.1, 0.15) is 5.54 Å². The fraction of sp³-hybridized carbons (Fsp3) is 0.800. The van der Waals surface area contributed by atoms with Gasteiger partial charge < -0.3 is 10.4 Å². The second-order valence-corrected chi connectivity index (χ2v) is 4.54. The van der Waals surface area contributed by atoms with Crippen LogP contribution in [0.2, 0.25) is 0 Å². The zero-order valence-corrected chi connectivity index (χ0v) is 9.87. The molecule has 0 bridgehead atoms. The first kappa shape index (κ1) is 12.1. The second kappa shape index (κ2) is 3.28. The third-order valence-corrected chi connectivity index (χ3v) is 3.29. The minimum Gasteiger partial charge on any atom is -0.622 e. The van der Waals surface area contributed by atoms with Crippen molar-refractivity contribution in [1.29, 1.82) is 0 Å². The minimum atomic E-state index is -1.49. The molecular formula is C10H18N2O3. The van der Waals surface area contributed by atoms with Crippen LogP contribution in [0.15, 0.2) is 0 Å². The Kier molecular flexibility index (Phi) is 2.65. The Labute approximate surface area is 89.5 Å². The van der Waals surface area contributed by atoms with Crippen LogP contribution in [0.5, 0.6) is 0 Å². The van der Waals surface area contributed by atoms with E-state index in [1.165, 1.54) is 13.8 Å². The van der Waals surface area contributed by atoms with Gasteiger partial charge in [0.25, 0.3) is 0 Å². The lowest BCUT2D eigenvalue weighted by Gasteiger charge is -2.30. The highest BCUT2D eigenvalue weighted by Crippen LogP contribution is 2.34. The van der Waals surface area contributed by atoms with Gasteiger partial charge in [0.05, 0.1) is 0 Å². The van der Waals surface area contributed by atoms with Crippen molar-refractivity contribution < 1.29 is 14.7 Å². The molecule has 5 nitrogen and oxygen atoms in total. The first-order valence-corrected chi connectivity index (χ1v) is 5.04. The first-order chi connectivity index (χ1) is 6.70. The number of hydrogen-bond acceptors (Lipinski definition) is 4. The summed E-state index contributed by atoms with van der Waals surface area (Å²) in [5.74, 6) is -0.364. The molecular weight excluding hydrogens is 196 g/mol. The van der Waals surface area contributed by atoms with Crippen molar-refractivity contribution >= 4 is 11.5 Å². The van der Waals surface area contributed by atoms with E-state index in [1.54, 1.807) is 13.8 Å². The zero-order valence-electron chi connectivity index (χ0n) is 9.87. The van der Waals surface area contributed by atoms with E-state index in [2.05, 4.69) is 0 Å². The molecule has 0 saturated heterocycles. The SMILES string of the molecule is CCC1=[N+]([O-])C(C)(C(C)=O)N(O)C1(C)C. The van der Waals surface area contributed by atoms with Crippen LogP contribution in [-0.2, 0) is 4.79 Å². The number of hydrogen-bond donors (Lipinski definition) is 1. The third-order valence-electron chi connectivity index (χ3n) is 3.29. The Morgan fingerprint density at radius 3 is 2.20 bits per heavy atom. The molecule has 5 heteroatoms. The number of carbonyl (C=O) groups is 1. The van der Waals surface area contributed by atoms with E-state index in [1.807, 2.05) is 6.92 Å². The summed E-state index contributed by atoms with van der Waals surface area (Å²) in [6.45, 7) is 8.03.